The minimum absolute atomic E-state index is 0.544. The molecule has 0 unspecified atom stereocenters. The van der Waals surface area contributed by atoms with Crippen LogP contribution in [0.15, 0.2) is 79.1 Å². The van der Waals surface area contributed by atoms with Gasteiger partial charge >= 0.3 is 0 Å². The van der Waals surface area contributed by atoms with Crippen LogP contribution in [-0.2, 0) is 6.54 Å². The first-order chi connectivity index (χ1) is 11.8. The van der Waals surface area contributed by atoms with Crippen molar-refractivity contribution in [2.24, 2.45) is 5.73 Å². The molecule has 0 amide bonds. The highest BCUT2D eigenvalue weighted by Crippen LogP contribution is 2.33. The summed E-state index contributed by atoms with van der Waals surface area (Å²) in [5.74, 6) is 0. The highest BCUT2D eigenvalue weighted by atomic mass is 14.7. The first kappa shape index (κ1) is 14.5. The number of rotatable bonds is 3. The molecule has 2 heterocycles. The van der Waals surface area contributed by atoms with E-state index in [4.69, 9.17) is 10.7 Å². The highest BCUT2D eigenvalue weighted by molar-refractivity contribution is 5.91. The molecule has 3 heteroatoms. The first-order valence-corrected chi connectivity index (χ1v) is 7.95. The molecule has 4 aromatic rings. The molecule has 0 bridgehead atoms. The second kappa shape index (κ2) is 6.22. The van der Waals surface area contributed by atoms with Crippen molar-refractivity contribution in [3.63, 3.8) is 0 Å². The van der Waals surface area contributed by atoms with Gasteiger partial charge in [0, 0.05) is 35.5 Å². The van der Waals surface area contributed by atoms with Gasteiger partial charge in [-0.25, -0.2) is 4.98 Å². The van der Waals surface area contributed by atoms with Crippen molar-refractivity contribution in [1.82, 2.24) is 9.97 Å². The number of aromatic nitrogens is 2. The van der Waals surface area contributed by atoms with Crippen LogP contribution in [0.2, 0.25) is 0 Å². The Morgan fingerprint density at radius 1 is 0.833 bits per heavy atom. The minimum Gasteiger partial charge on any atom is -0.326 e. The Hall–Kier alpha value is -3.04. The summed E-state index contributed by atoms with van der Waals surface area (Å²) in [7, 11) is 0. The van der Waals surface area contributed by atoms with Crippen molar-refractivity contribution in [3.05, 3.63) is 84.7 Å². The van der Waals surface area contributed by atoms with Crippen LogP contribution in [0.1, 0.15) is 5.56 Å². The lowest BCUT2D eigenvalue weighted by atomic mass is 9.97. The Morgan fingerprint density at radius 3 is 2.38 bits per heavy atom. The van der Waals surface area contributed by atoms with Crippen molar-refractivity contribution in [1.29, 1.82) is 0 Å². The second-order valence-corrected chi connectivity index (χ2v) is 5.72. The van der Waals surface area contributed by atoms with E-state index >= 15 is 0 Å². The van der Waals surface area contributed by atoms with Gasteiger partial charge < -0.3 is 5.73 Å². The summed E-state index contributed by atoms with van der Waals surface area (Å²) >= 11 is 0. The molecular formula is C21H17N3. The van der Waals surface area contributed by atoms with Crippen LogP contribution >= 0.6 is 0 Å². The minimum atomic E-state index is 0.544. The molecule has 24 heavy (non-hydrogen) atoms. The van der Waals surface area contributed by atoms with E-state index < -0.39 is 0 Å². The molecule has 0 atom stereocenters. The zero-order valence-corrected chi connectivity index (χ0v) is 13.2. The van der Waals surface area contributed by atoms with Gasteiger partial charge in [0.15, 0.2) is 0 Å². The van der Waals surface area contributed by atoms with Crippen LogP contribution in [0.5, 0.6) is 0 Å². The van der Waals surface area contributed by atoms with Crippen molar-refractivity contribution in [2.45, 2.75) is 6.54 Å². The number of pyridine rings is 2. The van der Waals surface area contributed by atoms with Crippen LogP contribution < -0.4 is 5.73 Å². The van der Waals surface area contributed by atoms with Crippen molar-refractivity contribution >= 4 is 10.9 Å². The van der Waals surface area contributed by atoms with E-state index in [9.17, 15) is 0 Å². The van der Waals surface area contributed by atoms with E-state index in [1.54, 1.807) is 6.20 Å². The standard InChI is InChI=1S/C21H17N3/c22-13-15-6-8-17(9-7-15)21-19(16-4-2-1-3-5-16)12-18-14-23-11-10-20(18)24-21/h1-12,14H,13,22H2. The third kappa shape index (κ3) is 2.66. The van der Waals surface area contributed by atoms with Gasteiger partial charge in [0.25, 0.3) is 0 Å². The van der Waals surface area contributed by atoms with Gasteiger partial charge in [-0.15, -0.1) is 0 Å². The van der Waals surface area contributed by atoms with Crippen molar-refractivity contribution < 1.29 is 0 Å². The Bertz CT molecular complexity index is 977. The lowest BCUT2D eigenvalue weighted by Gasteiger charge is -2.12. The van der Waals surface area contributed by atoms with Gasteiger partial charge in [-0.1, -0.05) is 54.6 Å². The smallest absolute Gasteiger partial charge is 0.0788 e. The molecule has 0 aliphatic rings. The van der Waals surface area contributed by atoms with Crippen LogP contribution in [0.3, 0.4) is 0 Å². The number of nitrogens with two attached hydrogens (primary N) is 1. The number of benzene rings is 2. The molecule has 2 aromatic heterocycles. The largest absolute Gasteiger partial charge is 0.326 e. The van der Waals surface area contributed by atoms with Crippen LogP contribution in [0.4, 0.5) is 0 Å². The van der Waals surface area contributed by atoms with E-state index in [1.165, 1.54) is 0 Å². The molecule has 0 fully saturated rings. The Balaban J connectivity index is 1.97. The second-order valence-electron chi connectivity index (χ2n) is 5.72. The van der Waals surface area contributed by atoms with Gasteiger partial charge in [0.05, 0.1) is 11.2 Å². The van der Waals surface area contributed by atoms with Gasteiger partial charge in [-0.05, 0) is 23.3 Å². The predicted molar refractivity (Wildman–Crippen MR) is 98.3 cm³/mol. The maximum Gasteiger partial charge on any atom is 0.0788 e. The monoisotopic (exact) mass is 311 g/mol. The molecule has 0 aliphatic heterocycles. The van der Waals surface area contributed by atoms with E-state index in [2.05, 4.69) is 47.4 Å². The fourth-order valence-corrected chi connectivity index (χ4v) is 2.87. The lowest BCUT2D eigenvalue weighted by Crippen LogP contribution is -1.96. The summed E-state index contributed by atoms with van der Waals surface area (Å²) in [6.45, 7) is 0.544. The van der Waals surface area contributed by atoms with Gasteiger partial charge in [-0.2, -0.15) is 0 Å². The van der Waals surface area contributed by atoms with Crippen molar-refractivity contribution in [3.8, 4) is 22.4 Å². The number of fused-ring (bicyclic) bond motifs is 1. The van der Waals surface area contributed by atoms with Gasteiger partial charge in [0.2, 0.25) is 0 Å². The van der Waals surface area contributed by atoms with E-state index in [1.807, 2.05) is 30.5 Å². The zero-order valence-electron chi connectivity index (χ0n) is 13.2. The summed E-state index contributed by atoms with van der Waals surface area (Å²) in [5, 5.41) is 1.04. The zero-order chi connectivity index (χ0) is 16.4. The number of hydrogen-bond donors (Lipinski definition) is 1. The van der Waals surface area contributed by atoms with Crippen molar-refractivity contribution in [2.75, 3.05) is 0 Å². The molecule has 0 spiro atoms. The topological polar surface area (TPSA) is 51.8 Å². The molecule has 0 saturated carbocycles. The first-order valence-electron chi connectivity index (χ1n) is 7.95. The highest BCUT2D eigenvalue weighted by Gasteiger charge is 2.11. The maximum atomic E-state index is 5.71. The average molecular weight is 311 g/mol. The molecule has 3 nitrogen and oxygen atoms in total. The van der Waals surface area contributed by atoms with E-state index in [0.29, 0.717) is 6.54 Å². The van der Waals surface area contributed by atoms with Crippen LogP contribution in [0, 0.1) is 0 Å². The third-order valence-corrected chi connectivity index (χ3v) is 4.16. The number of hydrogen-bond acceptors (Lipinski definition) is 3. The predicted octanol–water partition coefficient (Wildman–Crippen LogP) is 4.42. The fourth-order valence-electron chi connectivity index (χ4n) is 2.87. The van der Waals surface area contributed by atoms with Crippen LogP contribution in [0.25, 0.3) is 33.3 Å². The average Bonchev–Trinajstić information content (AvgIpc) is 2.68. The summed E-state index contributed by atoms with van der Waals surface area (Å²) in [4.78, 5) is 9.12. The molecule has 4 rings (SSSR count). The molecule has 0 saturated heterocycles. The Labute approximate surface area is 140 Å². The molecule has 0 aliphatic carbocycles. The van der Waals surface area contributed by atoms with Crippen LogP contribution in [-0.4, -0.2) is 9.97 Å². The molecular weight excluding hydrogens is 294 g/mol. The summed E-state index contributed by atoms with van der Waals surface area (Å²) in [5.41, 5.74) is 12.1. The van der Waals surface area contributed by atoms with Gasteiger partial charge in [-0.3, -0.25) is 4.98 Å². The normalized spacial score (nSPS) is 10.9. The lowest BCUT2D eigenvalue weighted by molar-refractivity contribution is 1.07. The maximum absolute atomic E-state index is 5.71. The quantitative estimate of drug-likeness (QED) is 0.609. The van der Waals surface area contributed by atoms with E-state index in [0.717, 1.165) is 38.9 Å². The van der Waals surface area contributed by atoms with E-state index in [-0.39, 0.29) is 0 Å². The molecule has 116 valence electrons. The summed E-state index contributed by atoms with van der Waals surface area (Å²) in [6.07, 6.45) is 3.63. The summed E-state index contributed by atoms with van der Waals surface area (Å²) in [6, 6.07) is 22.7. The Kier molecular flexibility index (Phi) is 3.77. The SMILES string of the molecule is NCc1ccc(-c2nc3ccncc3cc2-c2ccccc2)cc1. The number of nitrogens with zero attached hydrogens (tertiary/aromatic N) is 2. The molecule has 2 N–H and O–H groups in total. The third-order valence-electron chi connectivity index (χ3n) is 4.16. The summed E-state index contributed by atoms with van der Waals surface area (Å²) < 4.78 is 0. The molecule has 2 aromatic carbocycles. The fraction of sp³-hybridized carbons (Fsp3) is 0.0476. The molecule has 0 radical (unpaired) electrons. The van der Waals surface area contributed by atoms with Gasteiger partial charge in [0.1, 0.15) is 0 Å². The Morgan fingerprint density at radius 2 is 1.62 bits per heavy atom.